The summed E-state index contributed by atoms with van der Waals surface area (Å²) in [5.74, 6) is -1.04. The SMILES string of the molecule is Cc1cc(C)cc(N(C)C(=O)N(C)C(C)(C)C(=O)O)c1. The van der Waals surface area contributed by atoms with Crippen LogP contribution < -0.4 is 4.90 Å². The van der Waals surface area contributed by atoms with Crippen LogP contribution in [0.2, 0.25) is 0 Å². The van der Waals surface area contributed by atoms with Crippen molar-refractivity contribution in [2.45, 2.75) is 33.2 Å². The molecular weight excluding hydrogens is 256 g/mol. The van der Waals surface area contributed by atoms with Gasteiger partial charge >= 0.3 is 12.0 Å². The molecule has 0 aliphatic carbocycles. The molecule has 110 valence electrons. The second kappa shape index (κ2) is 5.53. The molecule has 1 N–H and O–H groups in total. The van der Waals surface area contributed by atoms with Crippen molar-refractivity contribution in [2.24, 2.45) is 0 Å². The summed E-state index contributed by atoms with van der Waals surface area (Å²) in [6, 6.07) is 5.45. The molecule has 0 aliphatic rings. The summed E-state index contributed by atoms with van der Waals surface area (Å²) in [4.78, 5) is 26.3. The van der Waals surface area contributed by atoms with E-state index in [1.807, 2.05) is 32.0 Å². The average molecular weight is 278 g/mol. The number of amides is 2. The second-order valence-corrected chi connectivity index (χ2v) is 5.61. The number of aryl methyl sites for hydroxylation is 2. The van der Waals surface area contributed by atoms with Gasteiger partial charge in [0.25, 0.3) is 0 Å². The van der Waals surface area contributed by atoms with Crippen LogP contribution in [-0.2, 0) is 4.79 Å². The lowest BCUT2D eigenvalue weighted by Gasteiger charge is -2.34. The Hall–Kier alpha value is -2.04. The van der Waals surface area contributed by atoms with Crippen LogP contribution in [0.5, 0.6) is 0 Å². The third kappa shape index (κ3) is 3.10. The molecule has 0 saturated carbocycles. The Morgan fingerprint density at radius 2 is 1.50 bits per heavy atom. The van der Waals surface area contributed by atoms with Crippen LogP contribution in [0.15, 0.2) is 18.2 Å². The highest BCUT2D eigenvalue weighted by Crippen LogP contribution is 2.21. The normalized spacial score (nSPS) is 11.1. The van der Waals surface area contributed by atoms with E-state index in [0.29, 0.717) is 0 Å². The Morgan fingerprint density at radius 3 is 1.90 bits per heavy atom. The number of rotatable bonds is 3. The van der Waals surface area contributed by atoms with E-state index in [-0.39, 0.29) is 6.03 Å². The number of aliphatic carboxylic acids is 1. The summed E-state index contributed by atoms with van der Waals surface area (Å²) in [6.45, 7) is 6.92. The van der Waals surface area contributed by atoms with Crippen LogP contribution in [0, 0.1) is 13.8 Å². The van der Waals surface area contributed by atoms with Gasteiger partial charge in [-0.3, -0.25) is 4.90 Å². The fourth-order valence-electron chi connectivity index (χ4n) is 1.86. The Kier molecular flexibility index (Phi) is 4.43. The molecule has 20 heavy (non-hydrogen) atoms. The van der Waals surface area contributed by atoms with Crippen LogP contribution >= 0.6 is 0 Å². The lowest BCUT2D eigenvalue weighted by atomic mass is 10.0. The van der Waals surface area contributed by atoms with Crippen molar-refractivity contribution in [1.82, 2.24) is 4.90 Å². The maximum Gasteiger partial charge on any atom is 0.329 e. The van der Waals surface area contributed by atoms with Gasteiger partial charge in [-0.1, -0.05) is 6.07 Å². The van der Waals surface area contributed by atoms with Crippen molar-refractivity contribution in [3.63, 3.8) is 0 Å². The summed E-state index contributed by atoms with van der Waals surface area (Å²) in [6.07, 6.45) is 0. The largest absolute Gasteiger partial charge is 0.480 e. The standard InChI is InChI=1S/C15H22N2O3/c1-10-7-11(2)9-12(8-10)16(5)14(20)17(6)15(3,4)13(18)19/h7-9H,1-6H3,(H,18,19). The summed E-state index contributed by atoms with van der Waals surface area (Å²) in [5, 5.41) is 9.19. The maximum atomic E-state index is 12.4. The van der Waals surface area contributed by atoms with Gasteiger partial charge in [-0.05, 0) is 51.0 Å². The highest BCUT2D eigenvalue weighted by Gasteiger charge is 2.36. The first-order valence-corrected chi connectivity index (χ1v) is 6.40. The first-order chi connectivity index (χ1) is 9.07. The van der Waals surface area contributed by atoms with Crippen LogP contribution in [0.4, 0.5) is 10.5 Å². The second-order valence-electron chi connectivity index (χ2n) is 5.61. The lowest BCUT2D eigenvalue weighted by Crippen LogP contribution is -2.54. The zero-order valence-corrected chi connectivity index (χ0v) is 12.9. The van der Waals surface area contributed by atoms with Crippen molar-refractivity contribution in [3.8, 4) is 0 Å². The monoisotopic (exact) mass is 278 g/mol. The molecule has 0 atom stereocenters. The molecular formula is C15H22N2O3. The topological polar surface area (TPSA) is 60.9 Å². The highest BCUT2D eigenvalue weighted by molar-refractivity contribution is 5.95. The number of carbonyl (C=O) groups is 2. The molecule has 1 rings (SSSR count). The van der Waals surface area contributed by atoms with Crippen LogP contribution in [-0.4, -0.2) is 41.6 Å². The van der Waals surface area contributed by atoms with Crippen molar-refractivity contribution >= 4 is 17.7 Å². The third-order valence-corrected chi connectivity index (χ3v) is 3.53. The van der Waals surface area contributed by atoms with Crippen molar-refractivity contribution in [1.29, 1.82) is 0 Å². The number of carboxylic acid groups (broad SMARTS) is 1. The van der Waals surface area contributed by atoms with E-state index in [2.05, 4.69) is 0 Å². The molecule has 1 aromatic rings. The molecule has 0 saturated heterocycles. The van der Waals surface area contributed by atoms with Crippen LogP contribution in [0.1, 0.15) is 25.0 Å². The molecule has 5 heteroatoms. The average Bonchev–Trinajstić information content (AvgIpc) is 2.34. The van der Waals surface area contributed by atoms with E-state index in [1.54, 1.807) is 7.05 Å². The number of anilines is 1. The Bertz CT molecular complexity index is 518. The molecule has 0 aromatic heterocycles. The van der Waals surface area contributed by atoms with E-state index in [1.165, 1.54) is 30.7 Å². The van der Waals surface area contributed by atoms with Gasteiger partial charge in [0.15, 0.2) is 0 Å². The minimum atomic E-state index is -1.26. The first kappa shape index (κ1) is 16.0. The molecule has 0 unspecified atom stereocenters. The molecule has 0 bridgehead atoms. The number of carbonyl (C=O) groups excluding carboxylic acids is 1. The maximum absolute atomic E-state index is 12.4. The van der Waals surface area contributed by atoms with E-state index in [9.17, 15) is 14.7 Å². The number of urea groups is 1. The summed E-state index contributed by atoms with van der Waals surface area (Å²) in [7, 11) is 3.14. The number of benzene rings is 1. The van der Waals surface area contributed by atoms with E-state index < -0.39 is 11.5 Å². The molecule has 0 radical (unpaired) electrons. The molecule has 0 fully saturated rings. The Labute approximate surface area is 119 Å². The fraction of sp³-hybridized carbons (Fsp3) is 0.467. The fourth-order valence-corrected chi connectivity index (χ4v) is 1.86. The molecule has 5 nitrogen and oxygen atoms in total. The smallest absolute Gasteiger partial charge is 0.329 e. The molecule has 0 aliphatic heterocycles. The van der Waals surface area contributed by atoms with Gasteiger partial charge in [-0.2, -0.15) is 0 Å². The van der Waals surface area contributed by atoms with E-state index in [4.69, 9.17) is 0 Å². The number of likely N-dealkylation sites (N-methyl/N-ethyl adjacent to an activating group) is 1. The van der Waals surface area contributed by atoms with E-state index >= 15 is 0 Å². The van der Waals surface area contributed by atoms with Gasteiger partial charge in [0.05, 0.1) is 0 Å². The lowest BCUT2D eigenvalue weighted by molar-refractivity contribution is -0.146. The van der Waals surface area contributed by atoms with Gasteiger partial charge in [-0.15, -0.1) is 0 Å². The molecule has 0 heterocycles. The van der Waals surface area contributed by atoms with Crippen LogP contribution in [0.3, 0.4) is 0 Å². The zero-order chi connectivity index (χ0) is 15.7. The third-order valence-electron chi connectivity index (χ3n) is 3.53. The number of carboxylic acids is 1. The number of hydrogen-bond donors (Lipinski definition) is 1. The Balaban J connectivity index is 3.05. The predicted molar refractivity (Wildman–Crippen MR) is 79.2 cm³/mol. The minimum Gasteiger partial charge on any atom is -0.480 e. The highest BCUT2D eigenvalue weighted by atomic mass is 16.4. The van der Waals surface area contributed by atoms with E-state index in [0.717, 1.165) is 16.8 Å². The minimum absolute atomic E-state index is 0.359. The number of nitrogens with zero attached hydrogens (tertiary/aromatic N) is 2. The van der Waals surface area contributed by atoms with Gasteiger partial charge in [0.1, 0.15) is 5.54 Å². The quantitative estimate of drug-likeness (QED) is 0.924. The van der Waals surface area contributed by atoms with Crippen LogP contribution in [0.25, 0.3) is 0 Å². The Morgan fingerprint density at radius 1 is 1.05 bits per heavy atom. The van der Waals surface area contributed by atoms with Crippen molar-refractivity contribution in [2.75, 3.05) is 19.0 Å². The summed E-state index contributed by atoms with van der Waals surface area (Å²) >= 11 is 0. The predicted octanol–water partition coefficient (Wildman–Crippen LogP) is 2.65. The molecule has 1 aromatic carbocycles. The summed E-state index contributed by atoms with van der Waals surface area (Å²) < 4.78 is 0. The van der Waals surface area contributed by atoms with Gasteiger partial charge in [-0.25, -0.2) is 9.59 Å². The van der Waals surface area contributed by atoms with Crippen molar-refractivity contribution < 1.29 is 14.7 Å². The number of hydrogen-bond acceptors (Lipinski definition) is 2. The van der Waals surface area contributed by atoms with Gasteiger partial charge in [0.2, 0.25) is 0 Å². The van der Waals surface area contributed by atoms with Crippen molar-refractivity contribution in [3.05, 3.63) is 29.3 Å². The molecule has 0 spiro atoms. The van der Waals surface area contributed by atoms with Gasteiger partial charge in [0, 0.05) is 19.8 Å². The van der Waals surface area contributed by atoms with Gasteiger partial charge < -0.3 is 10.0 Å². The molecule has 2 amide bonds. The first-order valence-electron chi connectivity index (χ1n) is 6.40. The zero-order valence-electron chi connectivity index (χ0n) is 12.9. The summed E-state index contributed by atoms with van der Waals surface area (Å²) in [5.41, 5.74) is 1.60.